The second-order valence-electron chi connectivity index (χ2n) is 7.84. The number of anilines is 1. The predicted octanol–water partition coefficient (Wildman–Crippen LogP) is 3.42. The fraction of sp³-hybridized carbons (Fsp3) is 0.444. The zero-order valence-corrected chi connectivity index (χ0v) is 14.9. The van der Waals surface area contributed by atoms with E-state index in [1.807, 2.05) is 13.8 Å². The Morgan fingerprint density at radius 2 is 2.08 bits per heavy atom. The van der Waals surface area contributed by atoms with E-state index < -0.39 is 17.1 Å². The fourth-order valence-corrected chi connectivity index (χ4v) is 3.17. The number of hydrogen-bond donors (Lipinski definition) is 1. The van der Waals surface area contributed by atoms with Gasteiger partial charge in [0.15, 0.2) is 11.6 Å². The summed E-state index contributed by atoms with van der Waals surface area (Å²) in [6.07, 6.45) is -0.294. The van der Waals surface area contributed by atoms with Gasteiger partial charge in [0, 0.05) is 17.4 Å². The van der Waals surface area contributed by atoms with Crippen LogP contribution >= 0.6 is 0 Å². The molecule has 25 heavy (non-hydrogen) atoms. The molecule has 0 saturated carbocycles. The first kappa shape index (κ1) is 17.0. The van der Waals surface area contributed by atoms with Gasteiger partial charge in [0.2, 0.25) is 0 Å². The summed E-state index contributed by atoms with van der Waals surface area (Å²) in [6.45, 7) is 9.18. The molecule has 0 radical (unpaired) electrons. The van der Waals surface area contributed by atoms with E-state index in [4.69, 9.17) is 4.74 Å². The fourth-order valence-electron chi connectivity index (χ4n) is 3.17. The van der Waals surface area contributed by atoms with E-state index in [0.717, 1.165) is 5.69 Å². The lowest BCUT2D eigenvalue weighted by molar-refractivity contribution is 0.0635. The molecule has 0 atom stereocenters. The molecule has 0 saturated heterocycles. The molecule has 130 valence electrons. The van der Waals surface area contributed by atoms with Crippen molar-refractivity contribution in [3.63, 3.8) is 0 Å². The number of nitrogens with one attached hydrogen (secondary N) is 1. The van der Waals surface area contributed by atoms with Crippen LogP contribution in [0.5, 0.6) is 0 Å². The van der Waals surface area contributed by atoms with Gasteiger partial charge in [-0.05, 0) is 32.9 Å². The minimum Gasteiger partial charge on any atom is -0.444 e. The number of carbonyl (C=O) groups excluding carboxylic acids is 2. The molecule has 0 unspecified atom stereocenters. The first-order chi connectivity index (χ1) is 11.5. The number of ether oxygens (including phenoxy) is 1. The molecule has 1 aliphatic carbocycles. The number of hydrogen-bond acceptors (Lipinski definition) is 5. The maximum Gasteiger partial charge on any atom is 0.413 e. The highest BCUT2D eigenvalue weighted by Crippen LogP contribution is 2.39. The van der Waals surface area contributed by atoms with Gasteiger partial charge in [-0.25, -0.2) is 9.31 Å². The summed E-state index contributed by atoms with van der Waals surface area (Å²) in [5.74, 6) is 0.179. The van der Waals surface area contributed by atoms with Crippen molar-refractivity contribution in [2.75, 3.05) is 5.32 Å². The molecule has 0 fully saturated rings. The van der Waals surface area contributed by atoms with Crippen LogP contribution in [0.1, 0.15) is 62.7 Å². The van der Waals surface area contributed by atoms with Gasteiger partial charge in [-0.3, -0.25) is 10.1 Å². The van der Waals surface area contributed by atoms with Crippen molar-refractivity contribution in [2.24, 2.45) is 0 Å². The number of fused-ring (bicyclic) bond motifs is 3. The normalized spacial score (nSPS) is 15.8. The van der Waals surface area contributed by atoms with E-state index >= 15 is 0 Å². The lowest BCUT2D eigenvalue weighted by atomic mass is 9.90. The van der Waals surface area contributed by atoms with Gasteiger partial charge in [0.1, 0.15) is 17.2 Å². The third kappa shape index (κ3) is 2.84. The number of pyridine rings is 1. The van der Waals surface area contributed by atoms with E-state index in [2.05, 4.69) is 16.5 Å². The Labute approximate surface area is 145 Å². The van der Waals surface area contributed by atoms with Crippen molar-refractivity contribution in [2.45, 2.75) is 52.1 Å². The average molecular weight is 340 g/mol. The number of carbonyl (C=O) groups is 2. The topological polar surface area (TPSA) is 96.5 Å². The average Bonchev–Trinajstić information content (AvgIpc) is 2.90. The van der Waals surface area contributed by atoms with Crippen LogP contribution in [0.25, 0.3) is 5.52 Å². The van der Waals surface area contributed by atoms with Crippen molar-refractivity contribution in [1.29, 1.82) is 5.26 Å². The lowest BCUT2D eigenvalue weighted by Crippen LogP contribution is -2.27. The van der Waals surface area contributed by atoms with Crippen LogP contribution in [-0.4, -0.2) is 27.1 Å². The smallest absolute Gasteiger partial charge is 0.413 e. The number of nitriles is 1. The molecule has 3 rings (SSSR count). The molecule has 1 aliphatic rings. The number of rotatable bonds is 1. The van der Waals surface area contributed by atoms with Crippen LogP contribution in [0, 0.1) is 11.3 Å². The summed E-state index contributed by atoms with van der Waals surface area (Å²) in [5, 5.41) is 16.4. The Kier molecular flexibility index (Phi) is 3.60. The Hall–Kier alpha value is -2.88. The largest absolute Gasteiger partial charge is 0.444 e. The third-order valence-corrected chi connectivity index (χ3v) is 4.07. The molecule has 2 aromatic rings. The minimum atomic E-state index is -0.681. The zero-order chi connectivity index (χ0) is 18.6. The first-order valence-electron chi connectivity index (χ1n) is 8.03. The van der Waals surface area contributed by atoms with E-state index in [0.29, 0.717) is 17.5 Å². The van der Waals surface area contributed by atoms with Crippen LogP contribution in [-0.2, 0) is 10.2 Å². The second-order valence-corrected chi connectivity index (χ2v) is 7.84. The highest BCUT2D eigenvalue weighted by molar-refractivity contribution is 6.02. The monoisotopic (exact) mass is 340 g/mol. The molecule has 7 heteroatoms. The van der Waals surface area contributed by atoms with E-state index in [1.54, 1.807) is 37.4 Å². The Morgan fingerprint density at radius 3 is 2.68 bits per heavy atom. The van der Waals surface area contributed by atoms with Crippen LogP contribution in [0.4, 0.5) is 10.6 Å². The van der Waals surface area contributed by atoms with E-state index in [1.165, 1.54) is 0 Å². The van der Waals surface area contributed by atoms with E-state index in [-0.39, 0.29) is 17.2 Å². The summed E-state index contributed by atoms with van der Waals surface area (Å²) in [5.41, 5.74) is 1.09. The van der Waals surface area contributed by atoms with Crippen molar-refractivity contribution >= 4 is 23.2 Å². The Bertz CT molecular complexity index is 942. The van der Waals surface area contributed by atoms with Gasteiger partial charge in [0.05, 0.1) is 11.2 Å². The molecule has 2 aromatic heterocycles. The summed E-state index contributed by atoms with van der Waals surface area (Å²) >= 11 is 0. The Balaban J connectivity index is 2.12. The summed E-state index contributed by atoms with van der Waals surface area (Å²) in [6, 6.07) is 5.49. The molecule has 0 aromatic carbocycles. The number of nitrogens with zero attached hydrogens (tertiary/aromatic N) is 3. The van der Waals surface area contributed by atoms with Crippen LogP contribution in [0.3, 0.4) is 0 Å². The van der Waals surface area contributed by atoms with Crippen molar-refractivity contribution in [3.05, 3.63) is 29.0 Å². The molecule has 0 spiro atoms. The number of Topliss-reactive ketones (excluding diaryl/α,β-unsaturated/α-hetero) is 1. The van der Waals surface area contributed by atoms with Gasteiger partial charge in [0.25, 0.3) is 0 Å². The minimum absolute atomic E-state index is 0.0533. The molecule has 0 bridgehead atoms. The van der Waals surface area contributed by atoms with Gasteiger partial charge >= 0.3 is 6.09 Å². The first-order valence-corrected chi connectivity index (χ1v) is 8.03. The molecule has 1 N–H and O–H groups in total. The molecule has 1 amide bonds. The van der Waals surface area contributed by atoms with Gasteiger partial charge < -0.3 is 4.74 Å². The summed E-state index contributed by atoms with van der Waals surface area (Å²) in [7, 11) is 0. The predicted molar refractivity (Wildman–Crippen MR) is 91.7 cm³/mol. The van der Waals surface area contributed by atoms with Crippen molar-refractivity contribution < 1.29 is 14.3 Å². The summed E-state index contributed by atoms with van der Waals surface area (Å²) < 4.78 is 6.81. The summed E-state index contributed by atoms with van der Waals surface area (Å²) in [4.78, 5) is 24.3. The SMILES string of the molecule is CC(C)(C)OC(=O)Nc1nn2c3c(ccc2c1C#N)C(=O)CC3(C)C. The maximum absolute atomic E-state index is 12.2. The molecular weight excluding hydrogens is 320 g/mol. The molecular formula is C18H20N4O3. The van der Waals surface area contributed by atoms with Crippen LogP contribution in [0.2, 0.25) is 0 Å². The molecule has 7 nitrogen and oxygen atoms in total. The highest BCUT2D eigenvalue weighted by Gasteiger charge is 2.39. The highest BCUT2D eigenvalue weighted by atomic mass is 16.6. The molecule has 2 heterocycles. The number of amides is 1. The third-order valence-electron chi connectivity index (χ3n) is 4.07. The van der Waals surface area contributed by atoms with E-state index in [9.17, 15) is 14.9 Å². The lowest BCUT2D eigenvalue weighted by Gasteiger charge is -2.19. The Morgan fingerprint density at radius 1 is 1.40 bits per heavy atom. The van der Waals surface area contributed by atoms with Crippen molar-refractivity contribution in [3.8, 4) is 6.07 Å². The maximum atomic E-state index is 12.2. The second kappa shape index (κ2) is 5.31. The van der Waals surface area contributed by atoms with Gasteiger partial charge in [-0.1, -0.05) is 13.8 Å². The number of aromatic nitrogens is 2. The molecule has 0 aliphatic heterocycles. The standard InChI is InChI=1S/C18H20N4O3/c1-17(2,3)25-16(24)20-15-11(9-19)12-7-6-10-13(23)8-18(4,5)14(10)22(12)21-15/h6-7H,8H2,1-5H3,(H,20,21,24). The zero-order valence-electron chi connectivity index (χ0n) is 14.9. The quantitative estimate of drug-likeness (QED) is 0.858. The van der Waals surface area contributed by atoms with Crippen LogP contribution < -0.4 is 5.32 Å². The van der Waals surface area contributed by atoms with Crippen molar-refractivity contribution in [1.82, 2.24) is 9.61 Å². The van der Waals surface area contributed by atoms with Gasteiger partial charge in [-0.15, -0.1) is 5.10 Å². The van der Waals surface area contributed by atoms with Crippen LogP contribution in [0.15, 0.2) is 12.1 Å². The number of ketones is 1. The van der Waals surface area contributed by atoms with Gasteiger partial charge in [-0.2, -0.15) is 5.26 Å².